The molecule has 0 saturated carbocycles. The minimum atomic E-state index is -4.19. The average Bonchev–Trinajstić information content (AvgIpc) is 3.08. The summed E-state index contributed by atoms with van der Waals surface area (Å²) in [6, 6.07) is 13.6. The van der Waals surface area contributed by atoms with Crippen molar-refractivity contribution in [3.05, 3.63) is 59.9 Å². The van der Waals surface area contributed by atoms with Crippen molar-refractivity contribution in [2.75, 3.05) is 43.1 Å². The predicted octanol–water partition coefficient (Wildman–Crippen LogP) is 2.84. The molecular formula is C23H27FN4O3S2. The monoisotopic (exact) mass is 490 g/mol. The van der Waals surface area contributed by atoms with E-state index in [1.807, 2.05) is 18.4 Å². The van der Waals surface area contributed by atoms with E-state index in [4.69, 9.17) is 5.26 Å². The fourth-order valence-corrected chi connectivity index (χ4v) is 5.52. The van der Waals surface area contributed by atoms with Crippen LogP contribution in [0.1, 0.15) is 18.4 Å². The van der Waals surface area contributed by atoms with Crippen molar-refractivity contribution >= 4 is 33.4 Å². The molecule has 2 aromatic rings. The summed E-state index contributed by atoms with van der Waals surface area (Å²) in [6.07, 6.45) is 2.92. The lowest BCUT2D eigenvalue weighted by Gasteiger charge is -2.27. The standard InChI is InChI=1S/C23H27FN4O3S2/c1-32-16-11-21(26-33(30,31)22-6-3-2-5-20(22)24)23(29)28-13-4-12-27(14-15-28)19-9-7-18(17-25)8-10-19/h2-3,5-10,21,26H,4,11-16H2,1H3. The van der Waals surface area contributed by atoms with Crippen molar-refractivity contribution in [1.82, 2.24) is 9.62 Å². The Hall–Kier alpha value is -2.61. The molecule has 1 atom stereocenters. The maximum atomic E-state index is 14.1. The number of thioether (sulfide) groups is 1. The molecule has 1 N–H and O–H groups in total. The zero-order chi connectivity index (χ0) is 23.8. The van der Waals surface area contributed by atoms with Crippen LogP contribution in [0.5, 0.6) is 0 Å². The number of amides is 1. The Labute approximate surface area is 198 Å². The van der Waals surface area contributed by atoms with Crippen LogP contribution in [0.25, 0.3) is 0 Å². The van der Waals surface area contributed by atoms with E-state index < -0.39 is 26.8 Å². The Kier molecular flexibility index (Phi) is 8.72. The molecule has 1 saturated heterocycles. The minimum Gasteiger partial charge on any atom is -0.370 e. The average molecular weight is 491 g/mol. The van der Waals surface area contributed by atoms with Crippen LogP contribution in [0.2, 0.25) is 0 Å². The Morgan fingerprint density at radius 3 is 2.55 bits per heavy atom. The van der Waals surface area contributed by atoms with E-state index in [1.165, 1.54) is 30.0 Å². The zero-order valence-corrected chi connectivity index (χ0v) is 20.0. The number of benzene rings is 2. The molecule has 1 fully saturated rings. The summed E-state index contributed by atoms with van der Waals surface area (Å²) in [5, 5.41) is 8.98. The molecule has 1 heterocycles. The number of anilines is 1. The second-order valence-electron chi connectivity index (χ2n) is 7.71. The predicted molar refractivity (Wildman–Crippen MR) is 128 cm³/mol. The third kappa shape index (κ3) is 6.47. The number of sulfonamides is 1. The van der Waals surface area contributed by atoms with Crippen LogP contribution in [0.15, 0.2) is 53.4 Å². The van der Waals surface area contributed by atoms with Crippen molar-refractivity contribution in [2.24, 2.45) is 0 Å². The van der Waals surface area contributed by atoms with Gasteiger partial charge in [-0.2, -0.15) is 21.7 Å². The number of halogens is 1. The number of hydrogen-bond acceptors (Lipinski definition) is 6. The number of hydrogen-bond donors (Lipinski definition) is 1. The molecule has 2 aromatic carbocycles. The lowest BCUT2D eigenvalue weighted by atomic mass is 10.2. The second kappa shape index (κ2) is 11.5. The van der Waals surface area contributed by atoms with E-state index in [0.29, 0.717) is 37.4 Å². The Morgan fingerprint density at radius 1 is 1.15 bits per heavy atom. The largest absolute Gasteiger partial charge is 0.370 e. The number of nitrogens with one attached hydrogen (secondary N) is 1. The fraction of sp³-hybridized carbons (Fsp3) is 0.391. The molecule has 1 aliphatic rings. The highest BCUT2D eigenvalue weighted by molar-refractivity contribution is 7.98. The topological polar surface area (TPSA) is 93.5 Å². The Balaban J connectivity index is 1.72. The van der Waals surface area contributed by atoms with Gasteiger partial charge in [-0.25, -0.2) is 12.8 Å². The molecule has 176 valence electrons. The van der Waals surface area contributed by atoms with Gasteiger partial charge in [0.05, 0.1) is 11.6 Å². The van der Waals surface area contributed by atoms with E-state index in [0.717, 1.165) is 24.7 Å². The highest BCUT2D eigenvalue weighted by Gasteiger charge is 2.31. The lowest BCUT2D eigenvalue weighted by molar-refractivity contribution is -0.132. The number of nitrogens with zero attached hydrogens (tertiary/aromatic N) is 3. The van der Waals surface area contributed by atoms with E-state index in [-0.39, 0.29) is 5.91 Å². The molecule has 0 spiro atoms. The third-order valence-corrected chi connectivity index (χ3v) is 7.65. The van der Waals surface area contributed by atoms with Crippen molar-refractivity contribution in [2.45, 2.75) is 23.8 Å². The molecule has 1 amide bonds. The van der Waals surface area contributed by atoms with E-state index >= 15 is 0 Å². The lowest BCUT2D eigenvalue weighted by Crippen LogP contribution is -2.49. The van der Waals surface area contributed by atoms with Crippen LogP contribution in [0, 0.1) is 17.1 Å². The molecule has 10 heteroatoms. The second-order valence-corrected chi connectivity index (χ2v) is 10.4. The summed E-state index contributed by atoms with van der Waals surface area (Å²) >= 11 is 1.51. The zero-order valence-electron chi connectivity index (χ0n) is 18.4. The van der Waals surface area contributed by atoms with Gasteiger partial charge in [0, 0.05) is 31.9 Å². The molecule has 0 bridgehead atoms. The number of nitriles is 1. The molecule has 0 aliphatic carbocycles. The number of carbonyl (C=O) groups excluding carboxylic acids is 1. The molecule has 1 aliphatic heterocycles. The summed E-state index contributed by atoms with van der Waals surface area (Å²) in [6.45, 7) is 2.28. The molecular weight excluding hydrogens is 463 g/mol. The fourth-order valence-electron chi connectivity index (χ4n) is 3.75. The number of carbonyl (C=O) groups is 1. The van der Waals surface area contributed by atoms with Gasteiger partial charge in [-0.05, 0) is 61.2 Å². The van der Waals surface area contributed by atoms with E-state index in [2.05, 4.69) is 15.7 Å². The highest BCUT2D eigenvalue weighted by Crippen LogP contribution is 2.19. The van der Waals surface area contributed by atoms with Gasteiger partial charge < -0.3 is 9.80 Å². The maximum absolute atomic E-state index is 14.1. The van der Waals surface area contributed by atoms with Crippen molar-refractivity contribution < 1.29 is 17.6 Å². The first-order valence-electron chi connectivity index (χ1n) is 10.7. The van der Waals surface area contributed by atoms with Gasteiger partial charge in [0.2, 0.25) is 15.9 Å². The van der Waals surface area contributed by atoms with Gasteiger partial charge in [0.1, 0.15) is 16.8 Å². The summed E-state index contributed by atoms with van der Waals surface area (Å²) in [5.74, 6) is -0.568. The number of rotatable bonds is 8. The Morgan fingerprint density at radius 2 is 1.88 bits per heavy atom. The van der Waals surface area contributed by atoms with Gasteiger partial charge in [0.25, 0.3) is 0 Å². The third-order valence-electron chi connectivity index (χ3n) is 5.50. The van der Waals surface area contributed by atoms with Gasteiger partial charge >= 0.3 is 0 Å². The maximum Gasteiger partial charge on any atom is 0.244 e. The van der Waals surface area contributed by atoms with Crippen molar-refractivity contribution in [1.29, 1.82) is 5.26 Å². The summed E-state index contributed by atoms with van der Waals surface area (Å²) in [5.41, 5.74) is 1.56. The van der Waals surface area contributed by atoms with Gasteiger partial charge in [-0.15, -0.1) is 0 Å². The van der Waals surface area contributed by atoms with Crippen LogP contribution in [-0.4, -0.2) is 63.5 Å². The first-order valence-corrected chi connectivity index (χ1v) is 13.5. The Bertz CT molecular complexity index is 1100. The molecule has 3 rings (SSSR count). The first kappa shape index (κ1) is 25.0. The SMILES string of the molecule is CSCCC(NS(=O)(=O)c1ccccc1F)C(=O)N1CCCN(c2ccc(C#N)cc2)CC1. The summed E-state index contributed by atoms with van der Waals surface area (Å²) < 4.78 is 42.2. The molecule has 33 heavy (non-hydrogen) atoms. The van der Waals surface area contributed by atoms with E-state index in [1.54, 1.807) is 17.0 Å². The normalized spacial score (nSPS) is 15.5. The summed E-state index contributed by atoms with van der Waals surface area (Å²) in [7, 11) is -4.19. The molecule has 1 unspecified atom stereocenters. The van der Waals surface area contributed by atoms with Crippen molar-refractivity contribution in [3.8, 4) is 6.07 Å². The quantitative estimate of drug-likeness (QED) is 0.612. The first-order chi connectivity index (χ1) is 15.9. The van der Waals surface area contributed by atoms with Crippen LogP contribution in [-0.2, 0) is 14.8 Å². The molecule has 0 radical (unpaired) electrons. The van der Waals surface area contributed by atoms with Crippen molar-refractivity contribution in [3.63, 3.8) is 0 Å². The van der Waals surface area contributed by atoms with Crippen LogP contribution >= 0.6 is 11.8 Å². The van der Waals surface area contributed by atoms with Crippen LogP contribution in [0.4, 0.5) is 10.1 Å². The minimum absolute atomic E-state index is 0.300. The summed E-state index contributed by atoms with van der Waals surface area (Å²) in [4.78, 5) is 16.7. The van der Waals surface area contributed by atoms with Gasteiger partial charge in [-0.3, -0.25) is 4.79 Å². The van der Waals surface area contributed by atoms with E-state index in [9.17, 15) is 17.6 Å². The van der Waals surface area contributed by atoms with Gasteiger partial charge in [0.15, 0.2) is 0 Å². The van der Waals surface area contributed by atoms with Crippen LogP contribution < -0.4 is 9.62 Å². The smallest absolute Gasteiger partial charge is 0.244 e. The molecule has 0 aromatic heterocycles. The molecule has 7 nitrogen and oxygen atoms in total. The van der Waals surface area contributed by atoms with Gasteiger partial charge in [-0.1, -0.05) is 12.1 Å². The van der Waals surface area contributed by atoms with Crippen LogP contribution in [0.3, 0.4) is 0 Å². The highest BCUT2D eigenvalue weighted by atomic mass is 32.2.